The molecule has 0 radical (unpaired) electrons. The molecule has 2 heterocycles. The quantitative estimate of drug-likeness (QED) is 0.131. The molecular weight excluding hydrogens is 1040 g/mol. The number of aromatic nitrogens is 1. The van der Waals surface area contributed by atoms with Crippen molar-refractivity contribution >= 4 is 113 Å². The molecule has 0 aliphatic heterocycles. The van der Waals surface area contributed by atoms with E-state index in [2.05, 4.69) is 325 Å². The molecule has 0 bridgehead atoms. The van der Waals surface area contributed by atoms with Gasteiger partial charge in [0.05, 0.1) is 11.0 Å². The van der Waals surface area contributed by atoms with Crippen molar-refractivity contribution in [1.29, 1.82) is 0 Å². The summed E-state index contributed by atoms with van der Waals surface area (Å²) in [6.07, 6.45) is 0. The monoisotopic (exact) mass is 1100 g/mol. The molecule has 15 aromatic carbocycles. The highest BCUT2D eigenvalue weighted by atomic mass is 32.1. The molecule has 0 aliphatic rings. The summed E-state index contributed by atoms with van der Waals surface area (Å²) in [4.78, 5) is 2.38. The lowest BCUT2D eigenvalue weighted by molar-refractivity contribution is 1.18. The van der Waals surface area contributed by atoms with E-state index in [-0.39, 0.29) is 0 Å². The molecule has 0 N–H and O–H groups in total. The van der Waals surface area contributed by atoms with Crippen molar-refractivity contribution in [2.24, 2.45) is 0 Å². The van der Waals surface area contributed by atoms with Crippen molar-refractivity contribution < 1.29 is 0 Å². The Bertz CT molecular complexity index is 5420. The van der Waals surface area contributed by atoms with Crippen LogP contribution >= 0.6 is 11.3 Å². The minimum absolute atomic E-state index is 1.08. The molecule has 3 heteroatoms. The molecule has 0 saturated heterocycles. The number of hydrogen-bond donors (Lipinski definition) is 0. The van der Waals surface area contributed by atoms with Gasteiger partial charge < -0.3 is 9.47 Å². The predicted molar refractivity (Wildman–Crippen MR) is 366 cm³/mol. The standard InChI is InChI=1S/C82H52N2S/c1-2-15-53(16-3-1)54-31-40-62(41-32-54)83(64-44-35-57(36-45-64)68-28-14-29-75-74-26-10-11-30-81(74)85-82(68)75)63-42-33-55(34-43-63)59-38-47-79-77(51-59)78-52-61(67-27-13-18-56-17-4-5-21-66(56)67)39-48-80(78)84(79)65-20-12-19-58(49-65)60-37-46-73-71-24-7-6-22-69(71)70-23-8-9-25-72(70)76(73)50-60/h1-52H. The zero-order valence-corrected chi connectivity index (χ0v) is 47.1. The van der Waals surface area contributed by atoms with Crippen LogP contribution in [0, 0.1) is 0 Å². The number of benzene rings is 15. The van der Waals surface area contributed by atoms with Crippen LogP contribution in [0.15, 0.2) is 315 Å². The highest BCUT2D eigenvalue weighted by molar-refractivity contribution is 7.26. The van der Waals surface area contributed by atoms with E-state index in [1.807, 2.05) is 11.3 Å². The molecule has 0 saturated carbocycles. The minimum atomic E-state index is 1.08. The molecule has 17 rings (SSSR count). The summed E-state index contributed by atoms with van der Waals surface area (Å²) in [6.45, 7) is 0. The molecule has 0 spiro atoms. The van der Waals surface area contributed by atoms with Crippen molar-refractivity contribution in [3.05, 3.63) is 315 Å². The number of fused-ring (bicyclic) bond motifs is 13. The molecule has 0 aliphatic carbocycles. The van der Waals surface area contributed by atoms with Gasteiger partial charge in [0.1, 0.15) is 0 Å². The van der Waals surface area contributed by atoms with Gasteiger partial charge in [-0.2, -0.15) is 0 Å². The fourth-order valence-electron chi connectivity index (χ4n) is 13.5. The van der Waals surface area contributed by atoms with Crippen LogP contribution in [0.4, 0.5) is 17.1 Å². The second-order valence-electron chi connectivity index (χ2n) is 22.4. The number of thiophene rings is 1. The molecule has 0 amide bonds. The van der Waals surface area contributed by atoms with Gasteiger partial charge in [-0.3, -0.25) is 0 Å². The van der Waals surface area contributed by atoms with E-state index in [0.717, 1.165) is 39.4 Å². The Balaban J connectivity index is 0.777. The Morgan fingerprint density at radius 2 is 0.659 bits per heavy atom. The van der Waals surface area contributed by atoms with Crippen LogP contribution in [0.25, 0.3) is 146 Å². The first-order valence-electron chi connectivity index (χ1n) is 29.2. The van der Waals surface area contributed by atoms with Gasteiger partial charge in [-0.15, -0.1) is 11.3 Å². The summed E-state index contributed by atoms with van der Waals surface area (Å²) >= 11 is 1.88. The molecule has 0 fully saturated rings. The van der Waals surface area contributed by atoms with E-state index in [1.54, 1.807) is 0 Å². The van der Waals surface area contributed by atoms with Crippen LogP contribution < -0.4 is 4.90 Å². The molecule has 85 heavy (non-hydrogen) atoms. The second-order valence-corrected chi connectivity index (χ2v) is 23.4. The van der Waals surface area contributed by atoms with Crippen molar-refractivity contribution in [2.75, 3.05) is 4.90 Å². The fraction of sp³-hybridized carbons (Fsp3) is 0. The first-order valence-corrected chi connectivity index (χ1v) is 30.0. The zero-order valence-electron chi connectivity index (χ0n) is 46.3. The lowest BCUT2D eigenvalue weighted by Crippen LogP contribution is -2.09. The molecule has 0 atom stereocenters. The maximum Gasteiger partial charge on any atom is 0.0541 e. The molecule has 2 nitrogen and oxygen atoms in total. The van der Waals surface area contributed by atoms with Gasteiger partial charge in [0.15, 0.2) is 0 Å². The largest absolute Gasteiger partial charge is 0.311 e. The topological polar surface area (TPSA) is 8.17 Å². The van der Waals surface area contributed by atoms with Crippen LogP contribution in [-0.4, -0.2) is 4.57 Å². The maximum absolute atomic E-state index is 2.47. The van der Waals surface area contributed by atoms with Crippen molar-refractivity contribution in [3.8, 4) is 61.3 Å². The highest BCUT2D eigenvalue weighted by Crippen LogP contribution is 2.45. The Morgan fingerprint density at radius 3 is 1.35 bits per heavy atom. The third-order valence-corrected chi connectivity index (χ3v) is 18.8. The van der Waals surface area contributed by atoms with Gasteiger partial charge >= 0.3 is 0 Å². The smallest absolute Gasteiger partial charge is 0.0541 e. The van der Waals surface area contributed by atoms with Gasteiger partial charge in [-0.1, -0.05) is 231 Å². The van der Waals surface area contributed by atoms with Crippen LogP contribution in [0.2, 0.25) is 0 Å². The number of nitrogens with zero attached hydrogens (tertiary/aromatic N) is 2. The van der Waals surface area contributed by atoms with E-state index >= 15 is 0 Å². The Kier molecular flexibility index (Phi) is 11.5. The Labute approximate surface area is 496 Å². The van der Waals surface area contributed by atoms with Crippen LogP contribution in [-0.2, 0) is 0 Å². The average Bonchev–Trinajstić information content (AvgIpc) is 2.84. The summed E-state index contributed by atoms with van der Waals surface area (Å²) < 4.78 is 5.10. The number of hydrogen-bond acceptors (Lipinski definition) is 2. The normalized spacial score (nSPS) is 11.8. The third kappa shape index (κ3) is 8.23. The Hall–Kier alpha value is -10.8. The summed E-state index contributed by atoms with van der Waals surface area (Å²) in [5.41, 5.74) is 18.7. The SMILES string of the molecule is c1ccc(-c2ccc(N(c3ccc(-c4ccc5c(c4)c4cc(-c6cccc7ccccc67)ccc4n5-c4cccc(-c5ccc6c7ccccc7c7ccccc7c6c5)c4)cc3)c3ccc(-c4cccc5c4sc4ccccc45)cc3)cc2)cc1. The van der Waals surface area contributed by atoms with Crippen molar-refractivity contribution in [3.63, 3.8) is 0 Å². The number of anilines is 3. The van der Waals surface area contributed by atoms with Gasteiger partial charge in [0.2, 0.25) is 0 Å². The molecule has 17 aromatic rings. The number of rotatable bonds is 9. The zero-order chi connectivity index (χ0) is 56.0. The van der Waals surface area contributed by atoms with E-state index in [0.29, 0.717) is 0 Å². The first kappa shape index (κ1) is 48.8. The molecule has 2 aromatic heterocycles. The predicted octanol–water partition coefficient (Wildman–Crippen LogP) is 23.6. The van der Waals surface area contributed by atoms with Gasteiger partial charge in [0, 0.05) is 53.7 Å². The van der Waals surface area contributed by atoms with Gasteiger partial charge in [-0.05, 0) is 184 Å². The van der Waals surface area contributed by atoms with Crippen LogP contribution in [0.5, 0.6) is 0 Å². The third-order valence-electron chi connectivity index (χ3n) is 17.6. The van der Waals surface area contributed by atoms with E-state index in [9.17, 15) is 0 Å². The second kappa shape index (κ2) is 20.0. The molecule has 0 unspecified atom stereocenters. The van der Waals surface area contributed by atoms with Gasteiger partial charge in [0.25, 0.3) is 0 Å². The van der Waals surface area contributed by atoms with E-state index in [4.69, 9.17) is 0 Å². The first-order chi connectivity index (χ1) is 42.1. The lowest BCUT2D eigenvalue weighted by Gasteiger charge is -2.26. The lowest BCUT2D eigenvalue weighted by atomic mass is 9.92. The highest BCUT2D eigenvalue weighted by Gasteiger charge is 2.20. The minimum Gasteiger partial charge on any atom is -0.311 e. The molecular formula is C82H52N2S. The van der Waals surface area contributed by atoms with Crippen molar-refractivity contribution in [1.82, 2.24) is 4.57 Å². The molecule has 396 valence electrons. The van der Waals surface area contributed by atoms with E-state index in [1.165, 1.54) is 124 Å². The summed E-state index contributed by atoms with van der Waals surface area (Å²) in [5, 5.41) is 15.2. The van der Waals surface area contributed by atoms with Gasteiger partial charge in [-0.25, -0.2) is 0 Å². The van der Waals surface area contributed by atoms with Crippen molar-refractivity contribution in [2.45, 2.75) is 0 Å². The Morgan fingerprint density at radius 1 is 0.235 bits per heavy atom. The van der Waals surface area contributed by atoms with E-state index < -0.39 is 0 Å². The summed E-state index contributed by atoms with van der Waals surface area (Å²) in [6, 6.07) is 117. The summed E-state index contributed by atoms with van der Waals surface area (Å²) in [5.74, 6) is 0. The average molecular weight is 1100 g/mol. The van der Waals surface area contributed by atoms with Crippen LogP contribution in [0.3, 0.4) is 0 Å². The summed E-state index contributed by atoms with van der Waals surface area (Å²) in [7, 11) is 0. The maximum atomic E-state index is 2.47. The van der Waals surface area contributed by atoms with Crippen LogP contribution in [0.1, 0.15) is 0 Å². The fourth-order valence-corrected chi connectivity index (χ4v) is 14.7.